The maximum absolute atomic E-state index is 12.4. The van der Waals surface area contributed by atoms with E-state index in [0.29, 0.717) is 5.76 Å². The van der Waals surface area contributed by atoms with Gasteiger partial charge < -0.3 is 4.42 Å². The Morgan fingerprint density at radius 2 is 2.21 bits per heavy atom. The third kappa shape index (κ3) is 1.61. The van der Waals surface area contributed by atoms with E-state index in [4.69, 9.17) is 4.42 Å². The predicted octanol–water partition coefficient (Wildman–Crippen LogP) is 1.86. The Bertz CT molecular complexity index is 303. The molecule has 0 unspecified atom stereocenters. The Kier molecular flexibility index (Phi) is 2.02. The van der Waals surface area contributed by atoms with Crippen LogP contribution in [0.5, 0.6) is 0 Å². The van der Waals surface area contributed by atoms with Crippen LogP contribution in [0.4, 0.5) is 13.2 Å². The first-order valence-electron chi connectivity index (χ1n) is 4.23. The number of halogens is 3. The fourth-order valence-electron chi connectivity index (χ4n) is 1.27. The number of hydrogen-bond acceptors (Lipinski definition) is 3. The summed E-state index contributed by atoms with van der Waals surface area (Å²) >= 11 is 0. The van der Waals surface area contributed by atoms with Crippen LogP contribution in [0.25, 0.3) is 0 Å². The molecule has 0 aromatic carbocycles. The van der Waals surface area contributed by atoms with Crippen molar-refractivity contribution in [3.8, 4) is 0 Å². The fraction of sp³-hybridized carbons (Fsp3) is 0.625. The summed E-state index contributed by atoms with van der Waals surface area (Å²) in [7, 11) is 0. The van der Waals surface area contributed by atoms with Gasteiger partial charge >= 0.3 is 6.18 Å². The summed E-state index contributed by atoms with van der Waals surface area (Å²) in [5.41, 5.74) is -1.68. The highest BCUT2D eigenvalue weighted by Crippen LogP contribution is 2.48. The van der Waals surface area contributed by atoms with Crippen LogP contribution < -0.4 is 5.32 Å². The molecule has 1 aliphatic rings. The van der Waals surface area contributed by atoms with E-state index in [2.05, 4.69) is 10.3 Å². The van der Waals surface area contributed by atoms with E-state index >= 15 is 0 Å². The van der Waals surface area contributed by atoms with Gasteiger partial charge in [-0.15, -0.1) is 0 Å². The van der Waals surface area contributed by atoms with Gasteiger partial charge in [0.15, 0.2) is 6.39 Å². The third-order valence-corrected chi connectivity index (χ3v) is 2.38. The Hall–Kier alpha value is -1.04. The van der Waals surface area contributed by atoms with Gasteiger partial charge in [0.05, 0.1) is 12.7 Å². The Balaban J connectivity index is 1.93. The second kappa shape index (κ2) is 2.98. The van der Waals surface area contributed by atoms with Crippen molar-refractivity contribution in [1.82, 2.24) is 10.3 Å². The molecule has 0 amide bonds. The van der Waals surface area contributed by atoms with Gasteiger partial charge in [-0.2, -0.15) is 13.2 Å². The normalized spacial score (nSPS) is 19.6. The van der Waals surface area contributed by atoms with Crippen LogP contribution in [-0.2, 0) is 6.54 Å². The van der Waals surface area contributed by atoms with E-state index in [1.54, 1.807) is 0 Å². The van der Waals surface area contributed by atoms with Gasteiger partial charge in [-0.25, -0.2) is 4.98 Å². The van der Waals surface area contributed by atoms with Crippen molar-refractivity contribution >= 4 is 0 Å². The lowest BCUT2D eigenvalue weighted by atomic mass is 10.2. The summed E-state index contributed by atoms with van der Waals surface area (Å²) < 4.78 is 42.1. The van der Waals surface area contributed by atoms with Crippen molar-refractivity contribution in [1.29, 1.82) is 0 Å². The van der Waals surface area contributed by atoms with E-state index in [1.807, 2.05) is 0 Å². The lowest BCUT2D eigenvalue weighted by Gasteiger charge is -2.19. The van der Waals surface area contributed by atoms with Gasteiger partial charge in [-0.05, 0) is 12.8 Å². The topological polar surface area (TPSA) is 38.1 Å². The summed E-state index contributed by atoms with van der Waals surface area (Å²) in [6.45, 7) is 0.0690. The standard InChI is InChI=1S/C8H9F3N2O/c9-8(10,11)7(1-2-7)13-4-6-3-12-5-14-6/h3,5,13H,1-2,4H2. The molecule has 1 heterocycles. The number of oxazole rings is 1. The highest BCUT2D eigenvalue weighted by atomic mass is 19.4. The molecular weight excluding hydrogens is 197 g/mol. The van der Waals surface area contributed by atoms with Crippen LogP contribution in [0.15, 0.2) is 17.0 Å². The summed E-state index contributed by atoms with van der Waals surface area (Å²) in [6.07, 6.45) is -1.29. The van der Waals surface area contributed by atoms with Gasteiger partial charge in [0.25, 0.3) is 0 Å². The highest BCUT2D eigenvalue weighted by Gasteiger charge is 2.63. The minimum atomic E-state index is -4.17. The molecule has 2 rings (SSSR count). The molecule has 0 bridgehead atoms. The maximum atomic E-state index is 12.4. The quantitative estimate of drug-likeness (QED) is 0.820. The zero-order chi connectivity index (χ0) is 10.2. The van der Waals surface area contributed by atoms with E-state index in [0.717, 1.165) is 0 Å². The molecule has 1 aliphatic carbocycles. The first kappa shape index (κ1) is 9.51. The number of aromatic nitrogens is 1. The average Bonchev–Trinajstić information content (AvgIpc) is 2.72. The molecule has 3 nitrogen and oxygen atoms in total. The highest BCUT2D eigenvalue weighted by molar-refractivity contribution is 5.08. The molecule has 1 aromatic heterocycles. The number of hydrogen-bond donors (Lipinski definition) is 1. The second-order valence-corrected chi connectivity index (χ2v) is 3.40. The van der Waals surface area contributed by atoms with Crippen molar-refractivity contribution < 1.29 is 17.6 Å². The summed E-state index contributed by atoms with van der Waals surface area (Å²) in [5, 5.41) is 2.45. The summed E-state index contributed by atoms with van der Waals surface area (Å²) in [4.78, 5) is 3.62. The Morgan fingerprint density at radius 1 is 1.50 bits per heavy atom. The minimum Gasteiger partial charge on any atom is -0.447 e. The molecule has 0 spiro atoms. The molecule has 1 N–H and O–H groups in total. The van der Waals surface area contributed by atoms with Crippen molar-refractivity contribution in [2.45, 2.75) is 31.1 Å². The predicted molar refractivity (Wildman–Crippen MR) is 41.4 cm³/mol. The van der Waals surface area contributed by atoms with Crippen LogP contribution in [0.3, 0.4) is 0 Å². The average molecular weight is 206 g/mol. The molecule has 14 heavy (non-hydrogen) atoms. The number of nitrogens with zero attached hydrogens (tertiary/aromatic N) is 1. The molecule has 1 aromatic rings. The SMILES string of the molecule is FC(F)(F)C1(NCc2cnco2)CC1. The number of nitrogens with one attached hydrogen (secondary N) is 1. The lowest BCUT2D eigenvalue weighted by molar-refractivity contribution is -0.166. The molecule has 78 valence electrons. The van der Waals surface area contributed by atoms with Crippen molar-refractivity contribution in [3.63, 3.8) is 0 Å². The second-order valence-electron chi connectivity index (χ2n) is 3.40. The van der Waals surface area contributed by atoms with E-state index in [-0.39, 0.29) is 19.4 Å². The molecule has 0 atom stereocenters. The monoisotopic (exact) mass is 206 g/mol. The summed E-state index contributed by atoms with van der Waals surface area (Å²) in [5.74, 6) is 0.417. The maximum Gasteiger partial charge on any atom is 0.406 e. The number of rotatable bonds is 3. The third-order valence-electron chi connectivity index (χ3n) is 2.38. The minimum absolute atomic E-state index is 0.0690. The molecule has 1 saturated carbocycles. The van der Waals surface area contributed by atoms with Crippen molar-refractivity contribution in [3.05, 3.63) is 18.4 Å². The molecule has 0 aliphatic heterocycles. The molecule has 1 fully saturated rings. The van der Waals surface area contributed by atoms with Gasteiger partial charge in [0.2, 0.25) is 0 Å². The van der Waals surface area contributed by atoms with Crippen LogP contribution in [0, 0.1) is 0 Å². The molecule has 0 radical (unpaired) electrons. The molecule has 6 heteroatoms. The Labute approximate surface area is 78.3 Å². The van der Waals surface area contributed by atoms with Gasteiger partial charge in [0, 0.05) is 0 Å². The van der Waals surface area contributed by atoms with Gasteiger partial charge in [-0.3, -0.25) is 5.32 Å². The first-order valence-corrected chi connectivity index (χ1v) is 4.23. The van der Waals surface area contributed by atoms with Crippen LogP contribution in [0.1, 0.15) is 18.6 Å². The van der Waals surface area contributed by atoms with E-state index in [9.17, 15) is 13.2 Å². The Morgan fingerprint density at radius 3 is 2.64 bits per heavy atom. The van der Waals surface area contributed by atoms with Crippen LogP contribution >= 0.6 is 0 Å². The van der Waals surface area contributed by atoms with Crippen molar-refractivity contribution in [2.24, 2.45) is 0 Å². The largest absolute Gasteiger partial charge is 0.447 e. The van der Waals surface area contributed by atoms with Gasteiger partial charge in [0.1, 0.15) is 11.3 Å². The summed E-state index contributed by atoms with van der Waals surface area (Å²) in [6, 6.07) is 0. The molecule has 0 saturated heterocycles. The fourth-order valence-corrected chi connectivity index (χ4v) is 1.27. The smallest absolute Gasteiger partial charge is 0.406 e. The van der Waals surface area contributed by atoms with E-state index < -0.39 is 11.7 Å². The number of alkyl halides is 3. The lowest BCUT2D eigenvalue weighted by Crippen LogP contribution is -2.44. The van der Waals surface area contributed by atoms with Crippen molar-refractivity contribution in [2.75, 3.05) is 0 Å². The first-order chi connectivity index (χ1) is 6.54. The van der Waals surface area contributed by atoms with Crippen LogP contribution in [0.2, 0.25) is 0 Å². The van der Waals surface area contributed by atoms with E-state index in [1.165, 1.54) is 12.6 Å². The molecular formula is C8H9F3N2O. The van der Waals surface area contributed by atoms with Gasteiger partial charge in [-0.1, -0.05) is 0 Å². The zero-order valence-corrected chi connectivity index (χ0v) is 7.27. The zero-order valence-electron chi connectivity index (χ0n) is 7.27. The van der Waals surface area contributed by atoms with Crippen LogP contribution in [-0.4, -0.2) is 16.7 Å².